The van der Waals surface area contributed by atoms with E-state index in [-0.39, 0.29) is 6.04 Å². The number of anilines is 1. The Hall–Kier alpha value is -2.49. The minimum Gasteiger partial charge on any atom is -0.493 e. The van der Waals surface area contributed by atoms with E-state index in [1.165, 1.54) is 0 Å². The monoisotopic (exact) mass is 267 g/mol. The van der Waals surface area contributed by atoms with Crippen LogP contribution in [0, 0.1) is 0 Å². The maximum absolute atomic E-state index is 5.99. The molecule has 0 spiro atoms. The molecule has 3 N–H and O–H groups in total. The lowest BCUT2D eigenvalue weighted by molar-refractivity contribution is 0.269. The second-order valence-corrected chi connectivity index (χ2v) is 4.70. The Bertz CT molecular complexity index is 610. The van der Waals surface area contributed by atoms with Crippen LogP contribution in [0.5, 0.6) is 5.75 Å². The first-order chi connectivity index (χ1) is 9.83. The maximum Gasteiger partial charge on any atom is 0.193 e. The van der Waals surface area contributed by atoms with Crippen LogP contribution in [-0.4, -0.2) is 12.6 Å². The number of aliphatic imine (C=N–C) groups is 1. The quantitative estimate of drug-likeness (QED) is 0.649. The van der Waals surface area contributed by atoms with Gasteiger partial charge in [-0.05, 0) is 18.2 Å². The Kier molecular flexibility index (Phi) is 3.54. The summed E-state index contributed by atoms with van der Waals surface area (Å²) in [5.74, 6) is 1.33. The molecule has 102 valence electrons. The summed E-state index contributed by atoms with van der Waals surface area (Å²) < 4.78 is 5.62. The highest BCUT2D eigenvalue weighted by Gasteiger charge is 2.20. The first-order valence-corrected chi connectivity index (χ1v) is 6.70. The van der Waals surface area contributed by atoms with Crippen molar-refractivity contribution in [2.24, 2.45) is 10.7 Å². The van der Waals surface area contributed by atoms with E-state index in [4.69, 9.17) is 10.5 Å². The molecule has 0 fully saturated rings. The highest BCUT2D eigenvalue weighted by molar-refractivity contribution is 5.92. The minimum atomic E-state index is 0.0520. The van der Waals surface area contributed by atoms with Crippen LogP contribution in [0.1, 0.15) is 18.0 Å². The summed E-state index contributed by atoms with van der Waals surface area (Å²) in [7, 11) is 0. The molecule has 0 aliphatic carbocycles. The number of guanidine groups is 1. The summed E-state index contributed by atoms with van der Waals surface area (Å²) >= 11 is 0. The van der Waals surface area contributed by atoms with E-state index in [1.807, 2.05) is 54.6 Å². The molecule has 2 aromatic rings. The van der Waals surface area contributed by atoms with Gasteiger partial charge in [-0.3, -0.25) is 0 Å². The molecule has 1 heterocycles. The number of nitrogens with one attached hydrogen (secondary N) is 1. The summed E-state index contributed by atoms with van der Waals surface area (Å²) in [4.78, 5) is 4.58. The molecule has 0 radical (unpaired) electrons. The van der Waals surface area contributed by atoms with E-state index in [1.54, 1.807) is 0 Å². The third-order valence-corrected chi connectivity index (χ3v) is 3.27. The van der Waals surface area contributed by atoms with Crippen molar-refractivity contribution >= 4 is 11.6 Å². The number of rotatable bonds is 2. The van der Waals surface area contributed by atoms with Gasteiger partial charge in [-0.1, -0.05) is 36.4 Å². The molecule has 4 nitrogen and oxygen atoms in total. The molecular formula is C16H17N3O. The number of benzene rings is 2. The molecule has 20 heavy (non-hydrogen) atoms. The average Bonchev–Trinajstić information content (AvgIpc) is 2.48. The summed E-state index contributed by atoms with van der Waals surface area (Å²) in [6, 6.07) is 17.8. The van der Waals surface area contributed by atoms with E-state index in [0.717, 1.165) is 23.4 Å². The Labute approximate surface area is 118 Å². The van der Waals surface area contributed by atoms with E-state index in [2.05, 4.69) is 10.3 Å². The highest BCUT2D eigenvalue weighted by Crippen LogP contribution is 2.34. The van der Waals surface area contributed by atoms with Gasteiger partial charge in [0.15, 0.2) is 5.96 Å². The first-order valence-electron chi connectivity index (χ1n) is 6.70. The Morgan fingerprint density at radius 1 is 1.10 bits per heavy atom. The van der Waals surface area contributed by atoms with Gasteiger partial charge in [0.2, 0.25) is 0 Å². The fourth-order valence-electron chi connectivity index (χ4n) is 2.33. The van der Waals surface area contributed by atoms with Gasteiger partial charge in [0.25, 0.3) is 0 Å². The van der Waals surface area contributed by atoms with Crippen LogP contribution in [-0.2, 0) is 0 Å². The van der Waals surface area contributed by atoms with Gasteiger partial charge >= 0.3 is 0 Å². The topological polar surface area (TPSA) is 59.6 Å². The van der Waals surface area contributed by atoms with Crippen LogP contribution in [0.15, 0.2) is 59.6 Å². The second-order valence-electron chi connectivity index (χ2n) is 4.70. The number of nitrogens with zero attached hydrogens (tertiary/aromatic N) is 1. The van der Waals surface area contributed by atoms with Gasteiger partial charge in [-0.25, -0.2) is 4.99 Å². The van der Waals surface area contributed by atoms with Gasteiger partial charge in [-0.2, -0.15) is 0 Å². The highest BCUT2D eigenvalue weighted by atomic mass is 16.5. The molecule has 4 heteroatoms. The van der Waals surface area contributed by atoms with Gasteiger partial charge in [0.1, 0.15) is 5.75 Å². The summed E-state index contributed by atoms with van der Waals surface area (Å²) in [6.45, 7) is 0.670. The molecule has 0 saturated carbocycles. The fourth-order valence-corrected chi connectivity index (χ4v) is 2.33. The Morgan fingerprint density at radius 3 is 2.70 bits per heavy atom. The zero-order valence-corrected chi connectivity index (χ0v) is 11.1. The summed E-state index contributed by atoms with van der Waals surface area (Å²) in [5, 5.41) is 3.11. The van der Waals surface area contributed by atoms with Crippen LogP contribution in [0.25, 0.3) is 0 Å². The van der Waals surface area contributed by atoms with Crippen LogP contribution < -0.4 is 15.8 Å². The number of hydrogen-bond acceptors (Lipinski definition) is 2. The van der Waals surface area contributed by atoms with E-state index < -0.39 is 0 Å². The maximum atomic E-state index is 5.99. The molecule has 0 saturated heterocycles. The van der Waals surface area contributed by atoms with Crippen molar-refractivity contribution in [1.82, 2.24) is 0 Å². The number of fused-ring (bicyclic) bond motifs is 1. The predicted octanol–water partition coefficient (Wildman–Crippen LogP) is 2.94. The molecule has 0 aromatic heterocycles. The van der Waals surface area contributed by atoms with Crippen LogP contribution >= 0.6 is 0 Å². The fraction of sp³-hybridized carbons (Fsp3) is 0.188. The molecule has 1 atom stereocenters. The second kappa shape index (κ2) is 5.65. The first kappa shape index (κ1) is 12.5. The Balaban J connectivity index is 1.79. The van der Waals surface area contributed by atoms with E-state index in [9.17, 15) is 0 Å². The van der Waals surface area contributed by atoms with Gasteiger partial charge < -0.3 is 15.8 Å². The number of ether oxygens (including phenoxy) is 1. The number of nitrogens with two attached hydrogens (primary N) is 1. The third-order valence-electron chi connectivity index (χ3n) is 3.27. The molecule has 1 aliphatic rings. The number of para-hydroxylation sites is 2. The van der Waals surface area contributed by atoms with Crippen molar-refractivity contribution in [1.29, 1.82) is 0 Å². The standard InChI is InChI=1S/C16H17N3O/c17-16(18-12-6-2-1-3-7-12)19-14-10-11-20-15-9-5-4-8-13(14)15/h1-9,14H,10-11H2,(H3,17,18,19). The zero-order chi connectivity index (χ0) is 13.8. The van der Waals surface area contributed by atoms with Crippen molar-refractivity contribution in [3.05, 3.63) is 60.2 Å². The van der Waals surface area contributed by atoms with Crippen molar-refractivity contribution in [2.75, 3.05) is 11.9 Å². The van der Waals surface area contributed by atoms with Gasteiger partial charge in [0, 0.05) is 17.7 Å². The lowest BCUT2D eigenvalue weighted by atomic mass is 10.0. The molecule has 0 bridgehead atoms. The lowest BCUT2D eigenvalue weighted by Gasteiger charge is -2.23. The molecule has 2 aromatic carbocycles. The van der Waals surface area contributed by atoms with Crippen LogP contribution in [0.2, 0.25) is 0 Å². The molecule has 0 amide bonds. The molecule has 3 rings (SSSR count). The van der Waals surface area contributed by atoms with Crippen LogP contribution in [0.4, 0.5) is 5.69 Å². The minimum absolute atomic E-state index is 0.0520. The molecular weight excluding hydrogens is 250 g/mol. The summed E-state index contributed by atoms with van der Waals surface area (Å²) in [5.41, 5.74) is 8.02. The third kappa shape index (κ3) is 2.74. The molecule has 1 unspecified atom stereocenters. The van der Waals surface area contributed by atoms with E-state index in [0.29, 0.717) is 12.6 Å². The molecule has 1 aliphatic heterocycles. The zero-order valence-electron chi connectivity index (χ0n) is 11.1. The largest absolute Gasteiger partial charge is 0.493 e. The van der Waals surface area contributed by atoms with Gasteiger partial charge in [0.05, 0.1) is 12.6 Å². The number of hydrogen-bond donors (Lipinski definition) is 2. The normalized spacial score (nSPS) is 18.0. The van der Waals surface area contributed by atoms with Crippen molar-refractivity contribution < 1.29 is 4.74 Å². The van der Waals surface area contributed by atoms with Gasteiger partial charge in [-0.15, -0.1) is 0 Å². The van der Waals surface area contributed by atoms with Crippen molar-refractivity contribution in [3.8, 4) is 5.75 Å². The smallest absolute Gasteiger partial charge is 0.193 e. The average molecular weight is 267 g/mol. The SMILES string of the molecule is NC(=NC1CCOc2ccccc21)Nc1ccccc1. The lowest BCUT2D eigenvalue weighted by Crippen LogP contribution is -2.25. The van der Waals surface area contributed by atoms with Crippen molar-refractivity contribution in [2.45, 2.75) is 12.5 Å². The predicted molar refractivity (Wildman–Crippen MR) is 81.0 cm³/mol. The van der Waals surface area contributed by atoms with Crippen molar-refractivity contribution in [3.63, 3.8) is 0 Å². The van der Waals surface area contributed by atoms with Crippen LogP contribution in [0.3, 0.4) is 0 Å². The Morgan fingerprint density at radius 2 is 1.85 bits per heavy atom. The summed E-state index contributed by atoms with van der Waals surface area (Å²) in [6.07, 6.45) is 0.841. The van der Waals surface area contributed by atoms with E-state index >= 15 is 0 Å².